The summed E-state index contributed by atoms with van der Waals surface area (Å²) in [6, 6.07) is 6.80. The van der Waals surface area contributed by atoms with Crippen LogP contribution in [0.4, 0.5) is 10.5 Å². The van der Waals surface area contributed by atoms with Gasteiger partial charge in [-0.1, -0.05) is 0 Å². The Morgan fingerprint density at radius 3 is 2.64 bits per heavy atom. The third kappa shape index (κ3) is 4.51. The van der Waals surface area contributed by atoms with E-state index in [0.29, 0.717) is 49.7 Å². The molecule has 2 amide bonds. The summed E-state index contributed by atoms with van der Waals surface area (Å²) in [5.41, 5.74) is 2.67. The molecule has 2 fully saturated rings. The number of amidine groups is 1. The van der Waals surface area contributed by atoms with Crippen molar-refractivity contribution in [2.45, 2.75) is 25.9 Å². The number of nitrogens with zero attached hydrogens (tertiary/aromatic N) is 5. The average molecular weight is 509 g/mol. The van der Waals surface area contributed by atoms with E-state index in [1.807, 2.05) is 29.3 Å². The van der Waals surface area contributed by atoms with Crippen LogP contribution in [0, 0.1) is 0 Å². The van der Waals surface area contributed by atoms with E-state index in [4.69, 9.17) is 4.74 Å². The molecule has 11 heteroatoms. The highest BCUT2D eigenvalue weighted by molar-refractivity contribution is 7.11. The van der Waals surface area contributed by atoms with Crippen molar-refractivity contribution in [2.75, 3.05) is 44.7 Å². The lowest BCUT2D eigenvalue weighted by Crippen LogP contribution is -2.53. The van der Waals surface area contributed by atoms with Gasteiger partial charge in [-0.05, 0) is 38.1 Å². The van der Waals surface area contributed by atoms with E-state index in [1.54, 1.807) is 23.2 Å². The summed E-state index contributed by atoms with van der Waals surface area (Å²) in [6.07, 6.45) is 1.73. The molecule has 3 aliphatic rings. The number of amides is 2. The number of urea groups is 1. The van der Waals surface area contributed by atoms with Gasteiger partial charge in [-0.15, -0.1) is 11.3 Å². The number of aliphatic imine (C=N–C) groups is 1. The van der Waals surface area contributed by atoms with Crippen LogP contribution >= 0.6 is 11.3 Å². The van der Waals surface area contributed by atoms with Crippen LogP contribution in [0.3, 0.4) is 0 Å². The van der Waals surface area contributed by atoms with Crippen molar-refractivity contribution in [3.8, 4) is 0 Å². The molecule has 2 saturated heterocycles. The third-order valence-electron chi connectivity index (χ3n) is 6.78. The minimum Gasteiger partial charge on any atom is -0.466 e. The summed E-state index contributed by atoms with van der Waals surface area (Å²) in [5, 5.41) is 5.99. The van der Waals surface area contributed by atoms with Gasteiger partial charge < -0.3 is 15.0 Å². The minimum atomic E-state index is -0.401. The molecular formula is C25H28N6O4S. The standard InChI is InChI=1S/C25H28N6O4S/c1-15-21(24(33)35-3)20(28-22(27-15)23-26-8-11-36-23)14-29-9-10-30-19(12-29)13-31(25(30)34)18-6-4-17(5-7-18)16(2)32/h4-8,11,15,19H,9-10,12-14H2,1-3H3,(H,27,28)/t15-,19-/m0/s1. The van der Waals surface area contributed by atoms with Gasteiger partial charge in [0, 0.05) is 61.2 Å². The molecule has 0 spiro atoms. The Bertz CT molecular complexity index is 1240. The minimum absolute atomic E-state index is 0.00306. The summed E-state index contributed by atoms with van der Waals surface area (Å²) < 4.78 is 5.06. The Hall–Kier alpha value is -3.57. The van der Waals surface area contributed by atoms with E-state index in [1.165, 1.54) is 25.4 Å². The number of carbonyl (C=O) groups excluding carboxylic acids is 3. The van der Waals surface area contributed by atoms with E-state index >= 15 is 0 Å². The lowest BCUT2D eigenvalue weighted by atomic mass is 10.0. The topological polar surface area (TPSA) is 107 Å². The Morgan fingerprint density at radius 2 is 1.97 bits per heavy atom. The summed E-state index contributed by atoms with van der Waals surface area (Å²) in [7, 11) is 1.38. The summed E-state index contributed by atoms with van der Waals surface area (Å²) >= 11 is 1.48. The number of ether oxygens (including phenoxy) is 1. The van der Waals surface area contributed by atoms with Crippen LogP contribution < -0.4 is 10.2 Å². The first kappa shape index (κ1) is 24.1. The van der Waals surface area contributed by atoms with Crippen LogP contribution in [-0.4, -0.2) is 90.3 Å². The van der Waals surface area contributed by atoms with Gasteiger partial charge in [0.25, 0.3) is 0 Å². The van der Waals surface area contributed by atoms with E-state index in [0.717, 1.165) is 16.4 Å². The van der Waals surface area contributed by atoms with Gasteiger partial charge in [-0.3, -0.25) is 19.6 Å². The Kier molecular flexibility index (Phi) is 6.59. The quantitative estimate of drug-likeness (QED) is 0.471. The molecule has 1 aromatic heterocycles. The smallest absolute Gasteiger partial charge is 0.337 e. The number of esters is 1. The molecular weight excluding hydrogens is 480 g/mol. The lowest BCUT2D eigenvalue weighted by Gasteiger charge is -2.37. The highest BCUT2D eigenvalue weighted by Gasteiger charge is 2.41. The van der Waals surface area contributed by atoms with Gasteiger partial charge in [-0.2, -0.15) is 0 Å². The lowest BCUT2D eigenvalue weighted by molar-refractivity contribution is -0.136. The van der Waals surface area contributed by atoms with Crippen LogP contribution in [-0.2, 0) is 9.53 Å². The van der Waals surface area contributed by atoms with Gasteiger partial charge in [0.1, 0.15) is 0 Å². The first-order valence-electron chi connectivity index (χ1n) is 11.8. The van der Waals surface area contributed by atoms with Gasteiger partial charge in [-0.25, -0.2) is 14.6 Å². The van der Waals surface area contributed by atoms with E-state index in [9.17, 15) is 14.4 Å². The molecule has 0 aliphatic carbocycles. The van der Waals surface area contributed by atoms with Crippen LogP contribution in [0.25, 0.3) is 0 Å². The van der Waals surface area contributed by atoms with Crippen molar-refractivity contribution in [3.05, 3.63) is 57.7 Å². The highest BCUT2D eigenvalue weighted by atomic mass is 32.1. The van der Waals surface area contributed by atoms with Crippen molar-refractivity contribution >= 4 is 40.6 Å². The number of methoxy groups -OCH3 is 1. The number of benzene rings is 1. The predicted molar refractivity (Wildman–Crippen MR) is 136 cm³/mol. The van der Waals surface area contributed by atoms with Crippen LogP contribution in [0.15, 0.2) is 52.1 Å². The number of thiazole rings is 1. The second kappa shape index (κ2) is 9.82. The predicted octanol–water partition coefficient (Wildman–Crippen LogP) is 2.14. The number of nitrogens with one attached hydrogen (secondary N) is 1. The molecule has 2 aromatic rings. The second-order valence-corrected chi connectivity index (χ2v) is 9.97. The number of piperazine rings is 1. The number of ketones is 1. The number of rotatable bonds is 6. The zero-order valence-corrected chi connectivity index (χ0v) is 21.2. The molecule has 10 nitrogen and oxygen atoms in total. The number of carbonyl (C=O) groups is 3. The zero-order chi connectivity index (χ0) is 25.4. The Balaban J connectivity index is 1.31. The SMILES string of the molecule is COC(=O)C1=C(CN2CCN3C(=O)N(c4ccc(C(C)=O)cc4)C[C@@H]3C2)NC(c2nccs2)=N[C@H]1C. The van der Waals surface area contributed by atoms with Crippen molar-refractivity contribution in [2.24, 2.45) is 4.99 Å². The molecule has 0 saturated carbocycles. The van der Waals surface area contributed by atoms with Gasteiger partial charge >= 0.3 is 12.0 Å². The summed E-state index contributed by atoms with van der Waals surface area (Å²) in [4.78, 5) is 52.2. The average Bonchev–Trinajstić information content (AvgIpc) is 3.52. The molecule has 36 heavy (non-hydrogen) atoms. The normalized spacial score (nSPS) is 22.3. The summed E-state index contributed by atoms with van der Waals surface area (Å²) in [5.74, 6) is 0.244. The molecule has 0 unspecified atom stereocenters. The summed E-state index contributed by atoms with van der Waals surface area (Å²) in [6.45, 7) is 6.42. The van der Waals surface area contributed by atoms with Crippen molar-refractivity contribution in [1.29, 1.82) is 0 Å². The first-order valence-corrected chi connectivity index (χ1v) is 12.7. The maximum absolute atomic E-state index is 13.1. The maximum Gasteiger partial charge on any atom is 0.337 e. The van der Waals surface area contributed by atoms with Crippen molar-refractivity contribution in [1.82, 2.24) is 20.1 Å². The second-order valence-electron chi connectivity index (χ2n) is 9.08. The van der Waals surface area contributed by atoms with Gasteiger partial charge in [0.2, 0.25) is 0 Å². The fourth-order valence-corrected chi connectivity index (χ4v) is 5.55. The number of hydrogen-bond acceptors (Lipinski definition) is 9. The van der Waals surface area contributed by atoms with E-state index in [2.05, 4.69) is 20.2 Å². The van der Waals surface area contributed by atoms with E-state index in [-0.39, 0.29) is 23.9 Å². The fraction of sp³-hybridized carbons (Fsp3) is 0.400. The highest BCUT2D eigenvalue weighted by Crippen LogP contribution is 2.28. The molecule has 188 valence electrons. The fourth-order valence-electron chi connectivity index (χ4n) is 4.96. The van der Waals surface area contributed by atoms with Crippen molar-refractivity contribution in [3.63, 3.8) is 0 Å². The Labute approximate surface area is 213 Å². The molecule has 2 atom stereocenters. The Morgan fingerprint density at radius 1 is 1.19 bits per heavy atom. The van der Waals surface area contributed by atoms with Gasteiger partial charge in [0.15, 0.2) is 16.6 Å². The van der Waals surface area contributed by atoms with E-state index < -0.39 is 5.97 Å². The molecule has 0 radical (unpaired) electrons. The van der Waals surface area contributed by atoms with Crippen LogP contribution in [0.5, 0.6) is 0 Å². The molecule has 4 heterocycles. The van der Waals surface area contributed by atoms with Gasteiger partial charge in [0.05, 0.1) is 24.8 Å². The van der Waals surface area contributed by atoms with Crippen LogP contribution in [0.1, 0.15) is 29.2 Å². The molecule has 1 N–H and O–H groups in total. The first-order chi connectivity index (χ1) is 17.4. The number of aromatic nitrogens is 1. The molecule has 5 rings (SSSR count). The number of Topliss-reactive ketones (excluding diaryl/α,β-unsaturated/α-hetero) is 1. The number of fused-ring (bicyclic) bond motifs is 1. The largest absolute Gasteiger partial charge is 0.466 e. The molecule has 3 aliphatic heterocycles. The number of anilines is 1. The molecule has 1 aromatic carbocycles. The third-order valence-corrected chi connectivity index (χ3v) is 7.56. The maximum atomic E-state index is 13.1. The van der Waals surface area contributed by atoms with Crippen LogP contribution in [0.2, 0.25) is 0 Å². The monoisotopic (exact) mass is 508 g/mol. The van der Waals surface area contributed by atoms with Crippen molar-refractivity contribution < 1.29 is 19.1 Å². The zero-order valence-electron chi connectivity index (χ0n) is 20.4. The number of hydrogen-bond donors (Lipinski definition) is 1. The molecule has 0 bridgehead atoms.